The molecule has 148 valence electrons. The molecule has 2 rings (SSSR count). The third-order valence-corrected chi connectivity index (χ3v) is 3.73. The van der Waals surface area contributed by atoms with Crippen LogP contribution in [0.4, 0.5) is 11.4 Å². The zero-order chi connectivity index (χ0) is 20.5. The molecule has 0 unspecified atom stereocenters. The normalized spacial score (nSPS) is 9.96. The van der Waals surface area contributed by atoms with Crippen molar-refractivity contribution in [1.82, 2.24) is 5.32 Å². The molecule has 2 aromatic rings. The minimum absolute atomic E-state index is 0.103. The zero-order valence-corrected chi connectivity index (χ0v) is 16.0. The van der Waals surface area contributed by atoms with E-state index in [1.54, 1.807) is 42.5 Å². The molecule has 8 nitrogen and oxygen atoms in total. The monoisotopic (exact) mass is 385 g/mol. The summed E-state index contributed by atoms with van der Waals surface area (Å²) in [5.74, 6) is 0.234. The van der Waals surface area contributed by atoms with Crippen molar-refractivity contribution in [3.63, 3.8) is 0 Å². The molecule has 28 heavy (non-hydrogen) atoms. The SMILES string of the molecule is COc1ccc(CC(=O)NCC(=O)Nc2cccc(NC(C)=O)c2)cc1OC. The van der Waals surface area contributed by atoms with Gasteiger partial charge in [-0.1, -0.05) is 12.1 Å². The largest absolute Gasteiger partial charge is 0.493 e. The van der Waals surface area contributed by atoms with Crippen LogP contribution in [0.25, 0.3) is 0 Å². The molecule has 0 aromatic heterocycles. The Morgan fingerprint density at radius 2 is 1.54 bits per heavy atom. The second kappa shape index (κ2) is 9.96. The molecule has 0 heterocycles. The molecule has 0 spiro atoms. The van der Waals surface area contributed by atoms with Crippen molar-refractivity contribution in [2.24, 2.45) is 0 Å². The first-order chi connectivity index (χ1) is 13.4. The summed E-state index contributed by atoms with van der Waals surface area (Å²) < 4.78 is 10.4. The molecule has 3 N–H and O–H groups in total. The van der Waals surface area contributed by atoms with Crippen LogP contribution in [0, 0.1) is 0 Å². The van der Waals surface area contributed by atoms with Crippen LogP contribution in [0.15, 0.2) is 42.5 Å². The van der Waals surface area contributed by atoms with E-state index in [0.29, 0.717) is 22.9 Å². The maximum atomic E-state index is 12.1. The van der Waals surface area contributed by atoms with Crippen molar-refractivity contribution in [3.8, 4) is 11.5 Å². The van der Waals surface area contributed by atoms with Gasteiger partial charge in [0.25, 0.3) is 0 Å². The lowest BCUT2D eigenvalue weighted by Crippen LogP contribution is -2.33. The number of hydrogen-bond donors (Lipinski definition) is 3. The fourth-order valence-corrected chi connectivity index (χ4v) is 2.50. The van der Waals surface area contributed by atoms with Crippen LogP contribution in [0.3, 0.4) is 0 Å². The van der Waals surface area contributed by atoms with Crippen molar-refractivity contribution >= 4 is 29.1 Å². The van der Waals surface area contributed by atoms with Crippen molar-refractivity contribution < 1.29 is 23.9 Å². The number of rotatable bonds is 8. The molecular weight excluding hydrogens is 362 g/mol. The Morgan fingerprint density at radius 1 is 0.857 bits per heavy atom. The number of carbonyl (C=O) groups is 3. The second-order valence-corrected chi connectivity index (χ2v) is 5.95. The van der Waals surface area contributed by atoms with Crippen LogP contribution >= 0.6 is 0 Å². The summed E-state index contributed by atoms with van der Waals surface area (Å²) in [6.45, 7) is 1.23. The number of methoxy groups -OCH3 is 2. The van der Waals surface area contributed by atoms with Gasteiger partial charge in [0.1, 0.15) is 0 Å². The molecule has 0 saturated carbocycles. The van der Waals surface area contributed by atoms with E-state index in [4.69, 9.17) is 9.47 Å². The van der Waals surface area contributed by atoms with Crippen LogP contribution in [0.5, 0.6) is 11.5 Å². The number of benzene rings is 2. The summed E-state index contributed by atoms with van der Waals surface area (Å²) in [6.07, 6.45) is 0.103. The Kier molecular flexibility index (Phi) is 7.38. The quantitative estimate of drug-likeness (QED) is 0.644. The summed E-state index contributed by atoms with van der Waals surface area (Å²) in [7, 11) is 3.06. The highest BCUT2D eigenvalue weighted by Gasteiger charge is 2.10. The van der Waals surface area contributed by atoms with Gasteiger partial charge in [-0.3, -0.25) is 14.4 Å². The molecule has 2 aromatic carbocycles. The van der Waals surface area contributed by atoms with Crippen LogP contribution in [0.1, 0.15) is 12.5 Å². The summed E-state index contributed by atoms with van der Waals surface area (Å²) >= 11 is 0. The van der Waals surface area contributed by atoms with Crippen LogP contribution in [-0.2, 0) is 20.8 Å². The maximum absolute atomic E-state index is 12.1. The van der Waals surface area contributed by atoms with E-state index in [-0.39, 0.29) is 30.7 Å². The number of hydrogen-bond acceptors (Lipinski definition) is 5. The predicted molar refractivity (Wildman–Crippen MR) is 106 cm³/mol. The Morgan fingerprint density at radius 3 is 2.18 bits per heavy atom. The van der Waals surface area contributed by atoms with Crippen LogP contribution in [0.2, 0.25) is 0 Å². The Balaban J connectivity index is 1.85. The lowest BCUT2D eigenvalue weighted by atomic mass is 10.1. The number of anilines is 2. The molecule has 0 fully saturated rings. The first kappa shape index (κ1) is 20.8. The third-order valence-electron chi connectivity index (χ3n) is 3.73. The highest BCUT2D eigenvalue weighted by atomic mass is 16.5. The van der Waals surface area contributed by atoms with Gasteiger partial charge in [0, 0.05) is 18.3 Å². The van der Waals surface area contributed by atoms with E-state index >= 15 is 0 Å². The van der Waals surface area contributed by atoms with Gasteiger partial charge in [-0.05, 0) is 35.9 Å². The number of ether oxygens (including phenoxy) is 2. The Bertz CT molecular complexity index is 867. The fraction of sp³-hybridized carbons (Fsp3) is 0.250. The topological polar surface area (TPSA) is 106 Å². The van der Waals surface area contributed by atoms with Crippen molar-refractivity contribution in [2.45, 2.75) is 13.3 Å². The lowest BCUT2D eigenvalue weighted by Gasteiger charge is -2.10. The van der Waals surface area contributed by atoms with Gasteiger partial charge in [0.15, 0.2) is 11.5 Å². The molecule has 0 saturated heterocycles. The minimum Gasteiger partial charge on any atom is -0.493 e. The lowest BCUT2D eigenvalue weighted by molar-refractivity contribution is -0.123. The van der Waals surface area contributed by atoms with E-state index in [1.165, 1.54) is 21.1 Å². The average Bonchev–Trinajstić information content (AvgIpc) is 2.66. The van der Waals surface area contributed by atoms with Gasteiger partial charge in [-0.15, -0.1) is 0 Å². The van der Waals surface area contributed by atoms with Gasteiger partial charge in [-0.2, -0.15) is 0 Å². The minimum atomic E-state index is -0.374. The molecule has 0 aliphatic heterocycles. The highest BCUT2D eigenvalue weighted by Crippen LogP contribution is 2.27. The summed E-state index contributed by atoms with van der Waals surface area (Å²) in [6, 6.07) is 11.9. The Labute approximate surface area is 163 Å². The zero-order valence-electron chi connectivity index (χ0n) is 16.0. The van der Waals surface area contributed by atoms with Crippen LogP contribution in [-0.4, -0.2) is 38.5 Å². The maximum Gasteiger partial charge on any atom is 0.243 e. The molecule has 0 atom stereocenters. The van der Waals surface area contributed by atoms with Gasteiger partial charge in [0.2, 0.25) is 17.7 Å². The van der Waals surface area contributed by atoms with Gasteiger partial charge in [0.05, 0.1) is 27.2 Å². The first-order valence-corrected chi connectivity index (χ1v) is 8.56. The number of carbonyl (C=O) groups excluding carboxylic acids is 3. The van der Waals surface area contributed by atoms with Crippen molar-refractivity contribution in [2.75, 3.05) is 31.4 Å². The van der Waals surface area contributed by atoms with E-state index in [9.17, 15) is 14.4 Å². The van der Waals surface area contributed by atoms with Gasteiger partial charge < -0.3 is 25.4 Å². The number of amides is 3. The molecular formula is C20H23N3O5. The third kappa shape index (κ3) is 6.31. The molecule has 0 aliphatic rings. The van der Waals surface area contributed by atoms with Gasteiger partial charge >= 0.3 is 0 Å². The molecule has 0 radical (unpaired) electrons. The van der Waals surface area contributed by atoms with Crippen molar-refractivity contribution in [3.05, 3.63) is 48.0 Å². The summed E-state index contributed by atoms with van der Waals surface area (Å²) in [5, 5.41) is 7.87. The summed E-state index contributed by atoms with van der Waals surface area (Å²) in [4.78, 5) is 35.2. The Hall–Kier alpha value is -3.55. The second-order valence-electron chi connectivity index (χ2n) is 5.95. The smallest absolute Gasteiger partial charge is 0.243 e. The predicted octanol–water partition coefficient (Wildman–Crippen LogP) is 1.96. The molecule has 0 aliphatic carbocycles. The summed E-state index contributed by atoms with van der Waals surface area (Å²) in [5.41, 5.74) is 1.83. The molecule has 8 heteroatoms. The first-order valence-electron chi connectivity index (χ1n) is 8.56. The highest BCUT2D eigenvalue weighted by molar-refractivity contribution is 5.96. The van der Waals surface area contributed by atoms with Crippen molar-refractivity contribution in [1.29, 1.82) is 0 Å². The van der Waals surface area contributed by atoms with Crippen LogP contribution < -0.4 is 25.4 Å². The molecule has 0 bridgehead atoms. The van der Waals surface area contributed by atoms with E-state index < -0.39 is 0 Å². The van der Waals surface area contributed by atoms with Gasteiger partial charge in [-0.25, -0.2) is 0 Å². The average molecular weight is 385 g/mol. The standard InChI is InChI=1S/C20H23N3O5/c1-13(24)22-15-5-4-6-16(11-15)23-20(26)12-21-19(25)10-14-7-8-17(27-2)18(9-14)28-3/h4-9,11H,10,12H2,1-3H3,(H,21,25)(H,22,24)(H,23,26). The fourth-order valence-electron chi connectivity index (χ4n) is 2.50. The van der Waals surface area contributed by atoms with E-state index in [1.807, 2.05) is 0 Å². The number of nitrogens with one attached hydrogen (secondary N) is 3. The van der Waals surface area contributed by atoms with E-state index in [2.05, 4.69) is 16.0 Å². The molecule has 3 amide bonds. The van der Waals surface area contributed by atoms with E-state index in [0.717, 1.165) is 5.56 Å².